The van der Waals surface area contributed by atoms with E-state index in [4.69, 9.17) is 9.98 Å². The lowest BCUT2D eigenvalue weighted by molar-refractivity contribution is 0.477. The Kier molecular flexibility index (Phi) is 10.9. The van der Waals surface area contributed by atoms with Gasteiger partial charge in [0.15, 0.2) is 0 Å². The smallest absolute Gasteiger partial charge is 0.126 e. The second-order valence-electron chi connectivity index (χ2n) is 16.1. The number of aliphatic imine (C=N–C) groups is 1. The highest BCUT2D eigenvalue weighted by atomic mass is 16.3. The van der Waals surface area contributed by atoms with E-state index in [1.54, 1.807) is 6.21 Å². The summed E-state index contributed by atoms with van der Waals surface area (Å²) in [6.45, 7) is 17.7. The third-order valence-corrected chi connectivity index (χ3v) is 10.8. The van der Waals surface area contributed by atoms with Gasteiger partial charge in [0.25, 0.3) is 0 Å². The van der Waals surface area contributed by atoms with Crippen molar-refractivity contribution in [1.82, 2.24) is 4.98 Å². The first-order valence-corrected chi connectivity index (χ1v) is 19.9. The molecule has 6 aromatic carbocycles. The van der Waals surface area contributed by atoms with Gasteiger partial charge in [-0.3, -0.25) is 4.99 Å². The molecular weight excluding hydrogens is 685 g/mol. The minimum absolute atomic E-state index is 0.172. The third-order valence-electron chi connectivity index (χ3n) is 10.8. The maximum atomic E-state index is 11.7. The number of rotatable bonds is 10. The number of benzene rings is 6. The molecule has 0 saturated carbocycles. The SMILES string of the molecule is CC(C)c1cccc(C(C)C)c1-c1ccc(-c2cc(-c3ccccc3)cc(C=Nc3cccc4cc(-c5c(C(C)C)cccc5C(C)C)cc(O)c34)n2)c(O)c1. The van der Waals surface area contributed by atoms with Crippen LogP contribution in [0.15, 0.2) is 132 Å². The normalized spacial score (nSPS) is 11.9. The quantitative estimate of drug-likeness (QED) is 0.137. The highest BCUT2D eigenvalue weighted by Gasteiger charge is 2.20. The Balaban J connectivity index is 1.32. The van der Waals surface area contributed by atoms with E-state index in [2.05, 4.69) is 116 Å². The predicted octanol–water partition coefficient (Wildman–Crippen LogP) is 14.6. The topological polar surface area (TPSA) is 65.7 Å². The van der Waals surface area contributed by atoms with Gasteiger partial charge < -0.3 is 10.2 Å². The molecule has 0 aliphatic carbocycles. The molecule has 0 radical (unpaired) electrons. The van der Waals surface area contributed by atoms with E-state index in [9.17, 15) is 10.2 Å². The first kappa shape index (κ1) is 38.3. The van der Waals surface area contributed by atoms with E-state index in [1.807, 2.05) is 66.7 Å². The molecule has 0 bridgehead atoms. The fourth-order valence-corrected chi connectivity index (χ4v) is 8.00. The minimum Gasteiger partial charge on any atom is -0.507 e. The molecule has 0 amide bonds. The van der Waals surface area contributed by atoms with Crippen LogP contribution in [-0.4, -0.2) is 21.4 Å². The first-order valence-electron chi connectivity index (χ1n) is 19.9. The molecule has 7 rings (SSSR count). The standard InChI is InChI=1S/C52H52N2O2/c1-31(2)41-18-13-19-42(32(3)4)50(41)37-23-24-45(48(55)28-37)47-27-38(35-15-10-9-11-16-35)26-40(54-47)30-53-46-22-12-17-36-25-39(29-49(56)52(36)46)51-43(33(5)6)20-14-21-44(51)34(7)8/h9-34,55-56H,1-8H3. The molecule has 2 N–H and O–H groups in total. The van der Waals surface area contributed by atoms with Crippen molar-refractivity contribution in [1.29, 1.82) is 0 Å². The molecule has 282 valence electrons. The summed E-state index contributed by atoms with van der Waals surface area (Å²) in [5.41, 5.74) is 14.0. The number of aromatic hydroxyl groups is 2. The molecule has 0 spiro atoms. The summed E-state index contributed by atoms with van der Waals surface area (Å²) in [7, 11) is 0. The maximum Gasteiger partial charge on any atom is 0.126 e. The van der Waals surface area contributed by atoms with Crippen molar-refractivity contribution in [2.45, 2.75) is 79.1 Å². The van der Waals surface area contributed by atoms with Gasteiger partial charge >= 0.3 is 0 Å². The van der Waals surface area contributed by atoms with Crippen LogP contribution in [0.1, 0.15) is 107 Å². The summed E-state index contributed by atoms with van der Waals surface area (Å²) in [5, 5.41) is 24.9. The summed E-state index contributed by atoms with van der Waals surface area (Å²) >= 11 is 0. The summed E-state index contributed by atoms with van der Waals surface area (Å²) < 4.78 is 0. The van der Waals surface area contributed by atoms with Gasteiger partial charge in [0.1, 0.15) is 11.5 Å². The lowest BCUT2D eigenvalue weighted by atomic mass is 9.84. The van der Waals surface area contributed by atoms with Crippen LogP contribution in [0.4, 0.5) is 5.69 Å². The van der Waals surface area contributed by atoms with Crippen LogP contribution in [0, 0.1) is 0 Å². The number of pyridine rings is 1. The summed E-state index contributed by atoms with van der Waals surface area (Å²) in [5.74, 6) is 1.70. The van der Waals surface area contributed by atoms with Gasteiger partial charge in [-0.05, 0) is 127 Å². The number of phenolic OH excluding ortho intramolecular Hbond substituents is 2. The van der Waals surface area contributed by atoms with Gasteiger partial charge in [-0.25, -0.2) is 4.98 Å². The zero-order chi connectivity index (χ0) is 39.7. The van der Waals surface area contributed by atoms with Crippen LogP contribution in [-0.2, 0) is 0 Å². The molecule has 0 aliphatic rings. The molecule has 56 heavy (non-hydrogen) atoms. The van der Waals surface area contributed by atoms with Crippen molar-refractivity contribution in [3.05, 3.63) is 155 Å². The van der Waals surface area contributed by atoms with Crippen LogP contribution in [0.2, 0.25) is 0 Å². The van der Waals surface area contributed by atoms with Gasteiger partial charge in [-0.2, -0.15) is 0 Å². The first-order chi connectivity index (χ1) is 26.9. The van der Waals surface area contributed by atoms with Gasteiger partial charge in [0, 0.05) is 10.9 Å². The van der Waals surface area contributed by atoms with Gasteiger partial charge in [0.2, 0.25) is 0 Å². The molecule has 0 atom stereocenters. The molecule has 1 heterocycles. The monoisotopic (exact) mass is 736 g/mol. The third kappa shape index (κ3) is 7.62. The second kappa shape index (κ2) is 16.0. The summed E-state index contributed by atoms with van der Waals surface area (Å²) in [4.78, 5) is 9.98. The molecule has 0 unspecified atom stereocenters. The van der Waals surface area contributed by atoms with Crippen LogP contribution < -0.4 is 0 Å². The maximum absolute atomic E-state index is 11.7. The van der Waals surface area contributed by atoms with E-state index in [0.717, 1.165) is 27.6 Å². The Labute approximate surface area is 332 Å². The predicted molar refractivity (Wildman–Crippen MR) is 237 cm³/mol. The second-order valence-corrected chi connectivity index (χ2v) is 16.1. The van der Waals surface area contributed by atoms with E-state index in [1.165, 1.54) is 33.4 Å². The van der Waals surface area contributed by atoms with E-state index < -0.39 is 0 Å². The lowest BCUT2D eigenvalue weighted by Crippen LogP contribution is -2.00. The van der Waals surface area contributed by atoms with Crippen molar-refractivity contribution in [2.75, 3.05) is 0 Å². The van der Waals surface area contributed by atoms with Crippen LogP contribution in [0.3, 0.4) is 0 Å². The van der Waals surface area contributed by atoms with Gasteiger partial charge in [-0.1, -0.05) is 140 Å². The molecule has 7 aromatic rings. The van der Waals surface area contributed by atoms with E-state index in [0.29, 0.717) is 51.7 Å². The molecule has 4 nitrogen and oxygen atoms in total. The van der Waals surface area contributed by atoms with Gasteiger partial charge in [-0.15, -0.1) is 0 Å². The fraction of sp³-hybridized carbons (Fsp3) is 0.231. The van der Waals surface area contributed by atoms with Crippen LogP contribution in [0.5, 0.6) is 11.5 Å². The molecular formula is C52H52N2O2. The average molecular weight is 737 g/mol. The largest absolute Gasteiger partial charge is 0.507 e. The average Bonchev–Trinajstić information content (AvgIpc) is 3.19. The van der Waals surface area contributed by atoms with Gasteiger partial charge in [0.05, 0.1) is 23.3 Å². The Morgan fingerprint density at radius 2 is 1.04 bits per heavy atom. The number of hydrogen-bond acceptors (Lipinski definition) is 4. The Morgan fingerprint density at radius 3 is 1.61 bits per heavy atom. The van der Waals surface area contributed by atoms with E-state index >= 15 is 0 Å². The Bertz CT molecular complexity index is 2510. The Hall–Kier alpha value is -6.00. The van der Waals surface area contributed by atoms with Crippen molar-refractivity contribution in [2.24, 2.45) is 4.99 Å². The highest BCUT2D eigenvalue weighted by molar-refractivity contribution is 6.02. The minimum atomic E-state index is 0.172. The Morgan fingerprint density at radius 1 is 0.482 bits per heavy atom. The van der Waals surface area contributed by atoms with Crippen molar-refractivity contribution >= 4 is 22.7 Å². The number of hydrogen-bond donors (Lipinski definition) is 2. The van der Waals surface area contributed by atoms with Crippen molar-refractivity contribution < 1.29 is 10.2 Å². The van der Waals surface area contributed by atoms with Crippen molar-refractivity contribution in [3.63, 3.8) is 0 Å². The number of aromatic nitrogens is 1. The van der Waals surface area contributed by atoms with E-state index in [-0.39, 0.29) is 11.5 Å². The molecule has 0 fully saturated rings. The highest BCUT2D eigenvalue weighted by Crippen LogP contribution is 2.43. The number of fused-ring (bicyclic) bond motifs is 1. The van der Waals surface area contributed by atoms with Crippen LogP contribution in [0.25, 0.3) is 55.4 Å². The molecule has 1 aromatic heterocycles. The summed E-state index contributed by atoms with van der Waals surface area (Å²) in [6.07, 6.45) is 1.75. The summed E-state index contributed by atoms with van der Waals surface area (Å²) in [6, 6.07) is 43.2. The zero-order valence-electron chi connectivity index (χ0n) is 33.8. The lowest BCUT2D eigenvalue weighted by Gasteiger charge is -2.21. The zero-order valence-corrected chi connectivity index (χ0v) is 33.8. The fourth-order valence-electron chi connectivity index (χ4n) is 8.00. The molecule has 0 saturated heterocycles. The van der Waals surface area contributed by atoms with Crippen LogP contribution >= 0.6 is 0 Å². The number of nitrogens with zero attached hydrogens (tertiary/aromatic N) is 2. The molecule has 4 heteroatoms. The number of phenols is 2. The van der Waals surface area contributed by atoms with Crippen molar-refractivity contribution in [3.8, 4) is 56.1 Å². The molecule has 0 aliphatic heterocycles.